The second kappa shape index (κ2) is 12.6. The molecule has 18 heavy (non-hydrogen) atoms. The molecule has 0 saturated carbocycles. The van der Waals surface area contributed by atoms with Crippen LogP contribution in [0, 0.1) is 5.92 Å². The fourth-order valence-electron chi connectivity index (χ4n) is 1.67. The Hall–Kier alpha value is -0.860. The number of amides is 1. The van der Waals surface area contributed by atoms with Gasteiger partial charge in [0.1, 0.15) is 5.78 Å². The minimum absolute atomic E-state index is 0.219. The van der Waals surface area contributed by atoms with Gasteiger partial charge < -0.3 is 9.69 Å². The van der Waals surface area contributed by atoms with E-state index in [4.69, 9.17) is 0 Å². The van der Waals surface area contributed by atoms with E-state index in [0.29, 0.717) is 18.8 Å². The zero-order valence-corrected chi connectivity index (χ0v) is 13.1. The molecule has 0 aliphatic heterocycles. The van der Waals surface area contributed by atoms with E-state index in [0.717, 1.165) is 25.8 Å². The number of unbranched alkanes of at least 4 members (excludes halogenated alkanes) is 2. The first-order valence-corrected chi connectivity index (χ1v) is 7.17. The normalized spacial score (nSPS) is 9.72. The Kier molecular flexibility index (Phi) is 13.6. The number of rotatable bonds is 8. The minimum atomic E-state index is 0.219. The first kappa shape index (κ1) is 19.5. The van der Waals surface area contributed by atoms with Gasteiger partial charge in [0.15, 0.2) is 0 Å². The van der Waals surface area contributed by atoms with Crippen LogP contribution in [0.4, 0.5) is 0 Å². The van der Waals surface area contributed by atoms with Gasteiger partial charge >= 0.3 is 0 Å². The standard InChI is InChI=1S/C13H25NO2.C2H6/c1-11(2)10-14(4)13(16)9-7-5-6-8-12(3)15;1-2/h11H,5-10H2,1-4H3;1-2H3. The number of nitrogens with zero attached hydrogens (tertiary/aromatic N) is 1. The van der Waals surface area contributed by atoms with E-state index in [-0.39, 0.29) is 11.7 Å². The fraction of sp³-hybridized carbons (Fsp3) is 0.867. The smallest absolute Gasteiger partial charge is 0.222 e. The van der Waals surface area contributed by atoms with Crippen LogP contribution in [0.3, 0.4) is 0 Å². The van der Waals surface area contributed by atoms with Crippen molar-refractivity contribution in [3.8, 4) is 0 Å². The van der Waals surface area contributed by atoms with Gasteiger partial charge in [-0.2, -0.15) is 0 Å². The van der Waals surface area contributed by atoms with Crippen molar-refractivity contribution in [2.24, 2.45) is 5.92 Å². The maximum absolute atomic E-state index is 11.6. The van der Waals surface area contributed by atoms with Crippen LogP contribution in [0.5, 0.6) is 0 Å². The Labute approximate surface area is 113 Å². The lowest BCUT2D eigenvalue weighted by molar-refractivity contribution is -0.130. The Morgan fingerprint density at radius 1 is 1.00 bits per heavy atom. The second-order valence-electron chi connectivity index (χ2n) is 4.93. The molecule has 0 aromatic carbocycles. The largest absolute Gasteiger partial charge is 0.346 e. The molecule has 0 saturated heterocycles. The Morgan fingerprint density at radius 3 is 1.94 bits per heavy atom. The minimum Gasteiger partial charge on any atom is -0.346 e. The predicted octanol–water partition coefficient (Wildman–Crippen LogP) is 3.67. The number of hydrogen-bond donors (Lipinski definition) is 0. The van der Waals surface area contributed by atoms with Crippen LogP contribution in [0.2, 0.25) is 0 Å². The van der Waals surface area contributed by atoms with E-state index < -0.39 is 0 Å². The van der Waals surface area contributed by atoms with E-state index in [1.807, 2.05) is 20.9 Å². The maximum atomic E-state index is 11.6. The van der Waals surface area contributed by atoms with Gasteiger partial charge in [0.2, 0.25) is 5.91 Å². The van der Waals surface area contributed by atoms with Gasteiger partial charge in [0.05, 0.1) is 0 Å². The van der Waals surface area contributed by atoms with Crippen LogP contribution >= 0.6 is 0 Å². The first-order chi connectivity index (χ1) is 8.43. The fourth-order valence-corrected chi connectivity index (χ4v) is 1.67. The van der Waals surface area contributed by atoms with Crippen LogP contribution in [0.1, 0.15) is 66.7 Å². The molecule has 3 nitrogen and oxygen atoms in total. The lowest BCUT2D eigenvalue weighted by Crippen LogP contribution is -2.29. The molecule has 0 unspecified atom stereocenters. The van der Waals surface area contributed by atoms with E-state index in [9.17, 15) is 9.59 Å². The highest BCUT2D eigenvalue weighted by Gasteiger charge is 2.09. The number of Topliss-reactive ketones (excluding diaryl/α,β-unsaturated/α-hetero) is 1. The van der Waals surface area contributed by atoms with E-state index in [2.05, 4.69) is 13.8 Å². The van der Waals surface area contributed by atoms with Crippen molar-refractivity contribution in [3.63, 3.8) is 0 Å². The monoisotopic (exact) mass is 257 g/mol. The number of ketones is 1. The molecule has 0 aliphatic rings. The Balaban J connectivity index is 0. The highest BCUT2D eigenvalue weighted by Crippen LogP contribution is 2.06. The highest BCUT2D eigenvalue weighted by molar-refractivity contribution is 5.76. The highest BCUT2D eigenvalue weighted by atomic mass is 16.2. The summed E-state index contributed by atoms with van der Waals surface area (Å²) in [6.07, 6.45) is 4.04. The summed E-state index contributed by atoms with van der Waals surface area (Å²) in [5.74, 6) is 0.978. The lowest BCUT2D eigenvalue weighted by atomic mass is 10.1. The molecule has 0 fully saturated rings. The number of hydrogen-bond acceptors (Lipinski definition) is 2. The molecule has 0 aromatic rings. The van der Waals surface area contributed by atoms with Gasteiger partial charge in [0, 0.05) is 26.4 Å². The molecular weight excluding hydrogens is 226 g/mol. The van der Waals surface area contributed by atoms with Gasteiger partial charge in [-0.05, 0) is 25.7 Å². The van der Waals surface area contributed by atoms with Gasteiger partial charge in [-0.1, -0.05) is 34.1 Å². The van der Waals surface area contributed by atoms with Gasteiger partial charge in [0.25, 0.3) is 0 Å². The summed E-state index contributed by atoms with van der Waals surface area (Å²) >= 11 is 0. The van der Waals surface area contributed by atoms with Crippen molar-refractivity contribution in [1.29, 1.82) is 0 Å². The molecule has 0 aliphatic carbocycles. The van der Waals surface area contributed by atoms with Crippen molar-refractivity contribution in [2.45, 2.75) is 66.7 Å². The Morgan fingerprint density at radius 2 is 1.50 bits per heavy atom. The summed E-state index contributed by atoms with van der Waals surface area (Å²) in [4.78, 5) is 24.1. The molecule has 3 heteroatoms. The van der Waals surface area contributed by atoms with Crippen LogP contribution in [0.25, 0.3) is 0 Å². The van der Waals surface area contributed by atoms with Crippen molar-refractivity contribution < 1.29 is 9.59 Å². The third-order valence-corrected chi connectivity index (χ3v) is 2.48. The number of carbonyl (C=O) groups is 2. The van der Waals surface area contributed by atoms with E-state index >= 15 is 0 Å². The number of carbonyl (C=O) groups excluding carboxylic acids is 2. The summed E-state index contributed by atoms with van der Waals surface area (Å²) in [6.45, 7) is 10.7. The van der Waals surface area contributed by atoms with Crippen LogP contribution in [-0.2, 0) is 9.59 Å². The maximum Gasteiger partial charge on any atom is 0.222 e. The zero-order valence-electron chi connectivity index (χ0n) is 13.1. The lowest BCUT2D eigenvalue weighted by Gasteiger charge is -2.19. The summed E-state index contributed by atoms with van der Waals surface area (Å²) in [6, 6.07) is 0. The molecule has 0 heterocycles. The zero-order chi connectivity index (χ0) is 14.6. The Bertz CT molecular complexity index is 225. The molecular formula is C15H31NO2. The van der Waals surface area contributed by atoms with Gasteiger partial charge in [-0.3, -0.25) is 4.79 Å². The van der Waals surface area contributed by atoms with Crippen LogP contribution in [-0.4, -0.2) is 30.2 Å². The molecule has 0 rings (SSSR count). The summed E-state index contributed by atoms with van der Waals surface area (Å²) in [5.41, 5.74) is 0. The van der Waals surface area contributed by atoms with Crippen LogP contribution < -0.4 is 0 Å². The van der Waals surface area contributed by atoms with Gasteiger partial charge in [-0.25, -0.2) is 0 Å². The molecule has 0 spiro atoms. The molecule has 0 radical (unpaired) electrons. The topological polar surface area (TPSA) is 37.4 Å². The van der Waals surface area contributed by atoms with Crippen LogP contribution in [0.15, 0.2) is 0 Å². The SMILES string of the molecule is CC.CC(=O)CCCCCC(=O)N(C)CC(C)C. The van der Waals surface area contributed by atoms with Gasteiger partial charge in [-0.15, -0.1) is 0 Å². The van der Waals surface area contributed by atoms with Crippen molar-refractivity contribution in [3.05, 3.63) is 0 Å². The second-order valence-corrected chi connectivity index (χ2v) is 4.93. The molecule has 0 atom stereocenters. The molecule has 0 N–H and O–H groups in total. The quantitative estimate of drug-likeness (QED) is 0.622. The summed E-state index contributed by atoms with van der Waals surface area (Å²) in [7, 11) is 1.86. The third kappa shape index (κ3) is 13.2. The van der Waals surface area contributed by atoms with Crippen molar-refractivity contribution >= 4 is 11.7 Å². The van der Waals surface area contributed by atoms with E-state index in [1.165, 1.54) is 0 Å². The first-order valence-electron chi connectivity index (χ1n) is 7.17. The molecule has 108 valence electrons. The average Bonchev–Trinajstić information content (AvgIpc) is 2.29. The predicted molar refractivity (Wildman–Crippen MR) is 77.6 cm³/mol. The van der Waals surface area contributed by atoms with E-state index in [1.54, 1.807) is 11.8 Å². The third-order valence-electron chi connectivity index (χ3n) is 2.48. The van der Waals surface area contributed by atoms with Crippen molar-refractivity contribution in [2.75, 3.05) is 13.6 Å². The molecule has 1 amide bonds. The molecule has 0 aromatic heterocycles. The summed E-state index contributed by atoms with van der Waals surface area (Å²) in [5, 5.41) is 0. The average molecular weight is 257 g/mol. The summed E-state index contributed by atoms with van der Waals surface area (Å²) < 4.78 is 0. The van der Waals surface area contributed by atoms with Crippen molar-refractivity contribution in [1.82, 2.24) is 4.90 Å². The molecule has 0 bridgehead atoms.